The van der Waals surface area contributed by atoms with Crippen LogP contribution in [0.2, 0.25) is 0 Å². The molecule has 0 atom stereocenters. The third-order valence-electron chi connectivity index (χ3n) is 3.96. The van der Waals surface area contributed by atoms with Gasteiger partial charge in [0.2, 0.25) is 5.88 Å². The quantitative estimate of drug-likeness (QED) is 0.748. The number of nitrogens with zero attached hydrogens (tertiary/aromatic N) is 1. The molecule has 2 rings (SSSR count). The van der Waals surface area contributed by atoms with Crippen molar-refractivity contribution in [2.75, 3.05) is 11.9 Å². The Morgan fingerprint density at radius 2 is 1.69 bits per heavy atom. The predicted molar refractivity (Wildman–Crippen MR) is 105 cm³/mol. The van der Waals surface area contributed by atoms with Gasteiger partial charge in [0.15, 0.2) is 6.61 Å². The zero-order valence-corrected chi connectivity index (χ0v) is 17.0. The summed E-state index contributed by atoms with van der Waals surface area (Å²) in [4.78, 5) is 36.2. The van der Waals surface area contributed by atoms with Crippen molar-refractivity contribution in [2.24, 2.45) is 0 Å². The van der Waals surface area contributed by atoms with E-state index >= 15 is 0 Å². The van der Waals surface area contributed by atoms with Gasteiger partial charge < -0.3 is 14.5 Å². The van der Waals surface area contributed by atoms with Gasteiger partial charge in [0, 0.05) is 16.7 Å². The van der Waals surface area contributed by atoms with Gasteiger partial charge in [-0.3, -0.25) is 14.9 Å². The Bertz CT molecular complexity index is 975. The van der Waals surface area contributed by atoms with E-state index in [4.69, 9.17) is 14.4 Å². The van der Waals surface area contributed by atoms with Crippen molar-refractivity contribution in [3.63, 3.8) is 0 Å². The maximum Gasteiger partial charge on any atom is 0.338 e. The standard InChI is InChI=1S/C21H23N3O5/c1-12-13(2)29-19(16(12)10-22)23-17(25)11-28-20(27)15-8-6-14(7-9-15)18(26)24-21(3,4)5/h6-9H,11H2,1-5H3,(H,23,25)(H,24,26). The molecule has 2 N–H and O–H groups in total. The fourth-order valence-electron chi connectivity index (χ4n) is 2.40. The van der Waals surface area contributed by atoms with Gasteiger partial charge in [-0.25, -0.2) is 4.79 Å². The van der Waals surface area contributed by atoms with Crippen LogP contribution in [0.3, 0.4) is 0 Å². The lowest BCUT2D eigenvalue weighted by atomic mass is 10.1. The summed E-state index contributed by atoms with van der Waals surface area (Å²) < 4.78 is 10.3. The van der Waals surface area contributed by atoms with Gasteiger partial charge in [0.25, 0.3) is 11.8 Å². The molecule has 2 amide bonds. The van der Waals surface area contributed by atoms with E-state index in [0.717, 1.165) is 0 Å². The van der Waals surface area contributed by atoms with Gasteiger partial charge >= 0.3 is 5.97 Å². The first-order chi connectivity index (χ1) is 13.5. The van der Waals surface area contributed by atoms with Crippen molar-refractivity contribution in [3.8, 4) is 6.07 Å². The molecule has 0 saturated carbocycles. The Hall–Kier alpha value is -3.60. The number of amides is 2. The largest absolute Gasteiger partial charge is 0.452 e. The summed E-state index contributed by atoms with van der Waals surface area (Å²) in [6, 6.07) is 7.87. The molecule has 0 aliphatic rings. The van der Waals surface area contributed by atoms with Crippen LogP contribution in [0.5, 0.6) is 0 Å². The predicted octanol–water partition coefficient (Wildman–Crippen LogP) is 3.09. The lowest BCUT2D eigenvalue weighted by Crippen LogP contribution is -2.40. The van der Waals surface area contributed by atoms with Crippen LogP contribution in [0.4, 0.5) is 5.88 Å². The fraction of sp³-hybridized carbons (Fsp3) is 0.333. The Morgan fingerprint density at radius 1 is 1.10 bits per heavy atom. The van der Waals surface area contributed by atoms with Crippen molar-refractivity contribution in [1.29, 1.82) is 5.26 Å². The number of ether oxygens (including phenoxy) is 1. The summed E-state index contributed by atoms with van der Waals surface area (Å²) in [5.74, 6) is -1.06. The molecule has 0 spiro atoms. The summed E-state index contributed by atoms with van der Waals surface area (Å²) in [6.45, 7) is 8.44. The number of aryl methyl sites for hydroxylation is 1. The van der Waals surface area contributed by atoms with E-state index in [9.17, 15) is 14.4 Å². The van der Waals surface area contributed by atoms with E-state index in [-0.39, 0.29) is 28.5 Å². The molecule has 0 aliphatic heterocycles. The number of carbonyl (C=O) groups is 3. The average molecular weight is 397 g/mol. The van der Waals surface area contributed by atoms with Gasteiger partial charge in [-0.05, 0) is 58.9 Å². The van der Waals surface area contributed by atoms with Gasteiger partial charge in [-0.15, -0.1) is 0 Å². The highest BCUT2D eigenvalue weighted by molar-refractivity contribution is 5.98. The fourth-order valence-corrected chi connectivity index (χ4v) is 2.40. The molecule has 0 bridgehead atoms. The van der Waals surface area contributed by atoms with Gasteiger partial charge in [0.05, 0.1) is 5.56 Å². The monoisotopic (exact) mass is 397 g/mol. The maximum absolute atomic E-state index is 12.1. The van der Waals surface area contributed by atoms with Crippen molar-refractivity contribution in [3.05, 3.63) is 52.3 Å². The molecule has 1 heterocycles. The molecule has 2 aromatic rings. The zero-order valence-electron chi connectivity index (χ0n) is 17.0. The third-order valence-corrected chi connectivity index (χ3v) is 3.96. The van der Waals surface area contributed by atoms with E-state index in [1.54, 1.807) is 13.8 Å². The highest BCUT2D eigenvalue weighted by Crippen LogP contribution is 2.25. The smallest absolute Gasteiger partial charge is 0.338 e. The Labute approximate surface area is 168 Å². The summed E-state index contributed by atoms with van der Waals surface area (Å²) in [7, 11) is 0. The first kappa shape index (κ1) is 21.7. The molecule has 0 unspecified atom stereocenters. The first-order valence-electron chi connectivity index (χ1n) is 8.91. The second-order valence-corrected chi connectivity index (χ2v) is 7.50. The lowest BCUT2D eigenvalue weighted by Gasteiger charge is -2.20. The molecule has 0 saturated heterocycles. The number of carbonyl (C=O) groups excluding carboxylic acids is 3. The van der Waals surface area contributed by atoms with Crippen LogP contribution in [0.15, 0.2) is 28.7 Å². The Morgan fingerprint density at radius 3 is 2.24 bits per heavy atom. The summed E-state index contributed by atoms with van der Waals surface area (Å²) in [6.07, 6.45) is 0. The molecule has 1 aromatic heterocycles. The van der Waals surface area contributed by atoms with Crippen molar-refractivity contribution < 1.29 is 23.5 Å². The average Bonchev–Trinajstić information content (AvgIpc) is 2.91. The molecule has 0 fully saturated rings. The summed E-state index contributed by atoms with van der Waals surface area (Å²) in [5, 5.41) is 14.4. The van der Waals surface area contributed by atoms with Gasteiger partial charge in [0.1, 0.15) is 17.4 Å². The maximum atomic E-state index is 12.1. The van der Waals surface area contributed by atoms with Gasteiger partial charge in [-0.2, -0.15) is 5.26 Å². The van der Waals surface area contributed by atoms with E-state index < -0.39 is 18.5 Å². The molecule has 152 valence electrons. The van der Waals surface area contributed by atoms with Crippen molar-refractivity contribution >= 4 is 23.7 Å². The first-order valence-corrected chi connectivity index (χ1v) is 8.91. The second kappa shape index (κ2) is 8.61. The number of hydrogen-bond acceptors (Lipinski definition) is 6. The molecule has 8 nitrogen and oxygen atoms in total. The zero-order chi connectivity index (χ0) is 21.8. The van der Waals surface area contributed by atoms with Crippen LogP contribution < -0.4 is 10.6 Å². The van der Waals surface area contributed by atoms with E-state index in [1.807, 2.05) is 26.8 Å². The number of hydrogen-bond donors (Lipinski definition) is 2. The number of esters is 1. The van der Waals surface area contributed by atoms with Crippen molar-refractivity contribution in [2.45, 2.75) is 40.2 Å². The molecule has 0 radical (unpaired) electrons. The topological polar surface area (TPSA) is 121 Å². The summed E-state index contributed by atoms with van der Waals surface area (Å²) >= 11 is 0. The highest BCUT2D eigenvalue weighted by Gasteiger charge is 2.19. The minimum Gasteiger partial charge on any atom is -0.452 e. The SMILES string of the molecule is Cc1oc(NC(=O)COC(=O)c2ccc(C(=O)NC(C)(C)C)cc2)c(C#N)c1C. The minimum atomic E-state index is -0.713. The van der Waals surface area contributed by atoms with Crippen LogP contribution >= 0.6 is 0 Å². The van der Waals surface area contributed by atoms with Crippen LogP contribution in [0.1, 0.15) is 58.4 Å². The minimum absolute atomic E-state index is 0.0257. The number of benzene rings is 1. The van der Waals surface area contributed by atoms with E-state index in [0.29, 0.717) is 16.9 Å². The summed E-state index contributed by atoms with van der Waals surface area (Å²) in [5.41, 5.74) is 1.09. The lowest BCUT2D eigenvalue weighted by molar-refractivity contribution is -0.119. The number of nitriles is 1. The Kier molecular flexibility index (Phi) is 6.44. The number of furan rings is 1. The molecule has 8 heteroatoms. The number of rotatable bonds is 5. The van der Waals surface area contributed by atoms with E-state index in [2.05, 4.69) is 10.6 Å². The molecular weight excluding hydrogens is 374 g/mol. The van der Waals surface area contributed by atoms with Crippen LogP contribution in [-0.2, 0) is 9.53 Å². The van der Waals surface area contributed by atoms with Crippen LogP contribution in [0.25, 0.3) is 0 Å². The van der Waals surface area contributed by atoms with Crippen LogP contribution in [0, 0.1) is 25.2 Å². The number of nitrogens with one attached hydrogen (secondary N) is 2. The van der Waals surface area contributed by atoms with Crippen molar-refractivity contribution in [1.82, 2.24) is 5.32 Å². The molecule has 29 heavy (non-hydrogen) atoms. The van der Waals surface area contributed by atoms with Gasteiger partial charge in [-0.1, -0.05) is 0 Å². The molecular formula is C21H23N3O5. The van der Waals surface area contributed by atoms with E-state index in [1.165, 1.54) is 24.3 Å². The van der Waals surface area contributed by atoms with Crippen LogP contribution in [-0.4, -0.2) is 29.9 Å². The number of anilines is 1. The third kappa shape index (κ3) is 5.69. The second-order valence-electron chi connectivity index (χ2n) is 7.50. The highest BCUT2D eigenvalue weighted by atomic mass is 16.5. The molecule has 0 aliphatic carbocycles. The normalized spacial score (nSPS) is 10.8. The molecule has 1 aromatic carbocycles. The Balaban J connectivity index is 1.94.